The lowest BCUT2D eigenvalue weighted by molar-refractivity contribution is 0.741. The SMILES string of the molecule is CCN(CC)c1ccc(C2=CCCCC2)c(C)c1. The highest BCUT2D eigenvalue weighted by Gasteiger charge is 2.10. The van der Waals surface area contributed by atoms with E-state index in [-0.39, 0.29) is 0 Å². The first-order chi connectivity index (χ1) is 8.76. The maximum Gasteiger partial charge on any atom is 0.0369 e. The molecule has 1 aliphatic carbocycles. The number of allylic oxidation sites excluding steroid dienone is 2. The molecule has 0 spiro atoms. The standard InChI is InChI=1S/C17H25N/c1-4-18(5-2)16-11-12-17(14(3)13-16)15-9-7-6-8-10-15/h9,11-13H,4-8,10H2,1-3H3. The lowest BCUT2D eigenvalue weighted by atomic mass is 9.91. The maximum absolute atomic E-state index is 2.43. The summed E-state index contributed by atoms with van der Waals surface area (Å²) >= 11 is 0. The van der Waals surface area contributed by atoms with Crippen molar-refractivity contribution in [3.63, 3.8) is 0 Å². The molecular weight excluding hydrogens is 218 g/mol. The molecule has 2 rings (SSSR count). The van der Waals surface area contributed by atoms with Crippen LogP contribution in [-0.2, 0) is 0 Å². The summed E-state index contributed by atoms with van der Waals surface area (Å²) in [6.45, 7) is 8.85. The number of hydrogen-bond donors (Lipinski definition) is 0. The fourth-order valence-corrected chi connectivity index (χ4v) is 2.88. The first-order valence-corrected chi connectivity index (χ1v) is 7.31. The van der Waals surface area contributed by atoms with Gasteiger partial charge in [-0.15, -0.1) is 0 Å². The molecule has 0 bridgehead atoms. The second-order valence-corrected chi connectivity index (χ2v) is 5.15. The van der Waals surface area contributed by atoms with E-state index in [1.165, 1.54) is 42.5 Å². The summed E-state index contributed by atoms with van der Waals surface area (Å²) in [6, 6.07) is 6.95. The van der Waals surface area contributed by atoms with Crippen molar-refractivity contribution in [1.82, 2.24) is 0 Å². The van der Waals surface area contributed by atoms with E-state index >= 15 is 0 Å². The molecule has 0 radical (unpaired) electrons. The minimum absolute atomic E-state index is 1.08. The molecule has 0 aliphatic heterocycles. The van der Waals surface area contributed by atoms with Gasteiger partial charge in [0.15, 0.2) is 0 Å². The van der Waals surface area contributed by atoms with Crippen molar-refractivity contribution in [2.45, 2.75) is 46.5 Å². The number of anilines is 1. The van der Waals surface area contributed by atoms with Crippen LogP contribution in [0.3, 0.4) is 0 Å². The van der Waals surface area contributed by atoms with Gasteiger partial charge in [0.25, 0.3) is 0 Å². The zero-order chi connectivity index (χ0) is 13.0. The predicted octanol–water partition coefficient (Wildman–Crippen LogP) is 4.80. The zero-order valence-corrected chi connectivity index (χ0v) is 12.0. The highest BCUT2D eigenvalue weighted by Crippen LogP contribution is 2.30. The van der Waals surface area contributed by atoms with E-state index in [1.54, 1.807) is 5.57 Å². The van der Waals surface area contributed by atoms with Gasteiger partial charge in [0, 0.05) is 18.8 Å². The van der Waals surface area contributed by atoms with Gasteiger partial charge in [0.05, 0.1) is 0 Å². The van der Waals surface area contributed by atoms with Gasteiger partial charge in [-0.2, -0.15) is 0 Å². The van der Waals surface area contributed by atoms with E-state index in [0.29, 0.717) is 0 Å². The third-order valence-corrected chi connectivity index (χ3v) is 3.98. The lowest BCUT2D eigenvalue weighted by Crippen LogP contribution is -2.21. The Balaban J connectivity index is 2.27. The van der Waals surface area contributed by atoms with Gasteiger partial charge >= 0.3 is 0 Å². The smallest absolute Gasteiger partial charge is 0.0369 e. The molecule has 18 heavy (non-hydrogen) atoms. The van der Waals surface area contributed by atoms with Crippen molar-refractivity contribution in [1.29, 1.82) is 0 Å². The molecule has 98 valence electrons. The molecule has 1 aliphatic rings. The van der Waals surface area contributed by atoms with Crippen LogP contribution in [0.1, 0.15) is 50.7 Å². The molecule has 1 aromatic carbocycles. The van der Waals surface area contributed by atoms with Gasteiger partial charge in [-0.1, -0.05) is 12.1 Å². The summed E-state index contributed by atoms with van der Waals surface area (Å²) < 4.78 is 0. The molecule has 0 fully saturated rings. The summed E-state index contributed by atoms with van der Waals surface area (Å²) in [4.78, 5) is 2.41. The fraction of sp³-hybridized carbons (Fsp3) is 0.529. The molecule has 0 unspecified atom stereocenters. The number of benzene rings is 1. The molecule has 1 aromatic rings. The van der Waals surface area contributed by atoms with E-state index in [4.69, 9.17) is 0 Å². The minimum Gasteiger partial charge on any atom is -0.372 e. The Kier molecular flexibility index (Phi) is 4.46. The molecule has 0 heterocycles. The van der Waals surface area contributed by atoms with Gasteiger partial charge in [0.2, 0.25) is 0 Å². The van der Waals surface area contributed by atoms with E-state index in [1.807, 2.05) is 0 Å². The Bertz CT molecular complexity index is 427. The number of aryl methyl sites for hydroxylation is 1. The molecule has 0 N–H and O–H groups in total. The first-order valence-electron chi connectivity index (χ1n) is 7.31. The van der Waals surface area contributed by atoms with Gasteiger partial charge in [-0.3, -0.25) is 0 Å². The largest absolute Gasteiger partial charge is 0.372 e. The van der Waals surface area contributed by atoms with Crippen molar-refractivity contribution >= 4 is 11.3 Å². The Morgan fingerprint density at radius 1 is 1.11 bits per heavy atom. The number of hydrogen-bond acceptors (Lipinski definition) is 1. The predicted molar refractivity (Wildman–Crippen MR) is 81.2 cm³/mol. The summed E-state index contributed by atoms with van der Waals surface area (Å²) in [5.41, 5.74) is 5.81. The van der Waals surface area contributed by atoms with E-state index < -0.39 is 0 Å². The second-order valence-electron chi connectivity index (χ2n) is 5.15. The Morgan fingerprint density at radius 3 is 2.44 bits per heavy atom. The Hall–Kier alpha value is -1.24. The summed E-state index contributed by atoms with van der Waals surface area (Å²) in [5, 5.41) is 0. The summed E-state index contributed by atoms with van der Waals surface area (Å²) in [7, 11) is 0. The van der Waals surface area contributed by atoms with Crippen molar-refractivity contribution in [3.8, 4) is 0 Å². The van der Waals surface area contributed by atoms with Crippen LogP contribution in [0.25, 0.3) is 5.57 Å². The first kappa shape index (κ1) is 13.2. The maximum atomic E-state index is 2.43. The number of nitrogens with zero attached hydrogens (tertiary/aromatic N) is 1. The van der Waals surface area contributed by atoms with Crippen molar-refractivity contribution < 1.29 is 0 Å². The molecule has 0 aromatic heterocycles. The second kappa shape index (κ2) is 6.08. The third-order valence-electron chi connectivity index (χ3n) is 3.98. The van der Waals surface area contributed by atoms with Gasteiger partial charge in [-0.25, -0.2) is 0 Å². The molecule has 0 saturated heterocycles. The molecule has 0 atom stereocenters. The minimum atomic E-state index is 1.08. The van der Waals surface area contributed by atoms with Crippen molar-refractivity contribution in [2.75, 3.05) is 18.0 Å². The van der Waals surface area contributed by atoms with Crippen LogP contribution in [0.4, 0.5) is 5.69 Å². The molecule has 1 nitrogen and oxygen atoms in total. The van der Waals surface area contributed by atoms with Crippen LogP contribution in [-0.4, -0.2) is 13.1 Å². The topological polar surface area (TPSA) is 3.24 Å². The fourth-order valence-electron chi connectivity index (χ4n) is 2.88. The zero-order valence-electron chi connectivity index (χ0n) is 12.0. The lowest BCUT2D eigenvalue weighted by Gasteiger charge is -2.23. The Morgan fingerprint density at radius 2 is 1.89 bits per heavy atom. The average Bonchev–Trinajstić information content (AvgIpc) is 2.41. The monoisotopic (exact) mass is 243 g/mol. The molecule has 1 heteroatoms. The van der Waals surface area contributed by atoms with Crippen LogP contribution in [0, 0.1) is 6.92 Å². The normalized spacial score (nSPS) is 15.4. The highest BCUT2D eigenvalue weighted by molar-refractivity contribution is 5.71. The van der Waals surface area contributed by atoms with Crippen molar-refractivity contribution in [2.24, 2.45) is 0 Å². The Labute approximate surface area is 112 Å². The van der Waals surface area contributed by atoms with E-state index in [2.05, 4.69) is 49.9 Å². The summed E-state index contributed by atoms with van der Waals surface area (Å²) in [5.74, 6) is 0. The van der Waals surface area contributed by atoms with E-state index in [0.717, 1.165) is 13.1 Å². The van der Waals surface area contributed by atoms with E-state index in [9.17, 15) is 0 Å². The molecule has 0 amide bonds. The van der Waals surface area contributed by atoms with Gasteiger partial charge in [0.1, 0.15) is 0 Å². The van der Waals surface area contributed by atoms with Crippen LogP contribution >= 0.6 is 0 Å². The molecule has 0 saturated carbocycles. The van der Waals surface area contributed by atoms with Crippen LogP contribution in [0.5, 0.6) is 0 Å². The summed E-state index contributed by atoms with van der Waals surface area (Å²) in [6.07, 6.45) is 7.66. The number of rotatable bonds is 4. The third kappa shape index (κ3) is 2.77. The average molecular weight is 243 g/mol. The van der Waals surface area contributed by atoms with Crippen LogP contribution < -0.4 is 4.90 Å². The van der Waals surface area contributed by atoms with Crippen LogP contribution in [0.2, 0.25) is 0 Å². The highest BCUT2D eigenvalue weighted by atomic mass is 15.1. The van der Waals surface area contributed by atoms with Gasteiger partial charge in [-0.05, 0) is 75.3 Å². The quantitative estimate of drug-likeness (QED) is 0.734. The van der Waals surface area contributed by atoms with Crippen LogP contribution in [0.15, 0.2) is 24.3 Å². The molecular formula is C17H25N. The van der Waals surface area contributed by atoms with Crippen molar-refractivity contribution in [3.05, 3.63) is 35.4 Å². The van der Waals surface area contributed by atoms with Gasteiger partial charge < -0.3 is 4.90 Å².